The van der Waals surface area contributed by atoms with E-state index in [4.69, 9.17) is 18.9 Å². The van der Waals surface area contributed by atoms with Crippen LogP contribution in [-0.4, -0.2) is 199 Å². The molecule has 4 aliphatic heterocycles. The number of sulfonamides is 4. The maximum atomic E-state index is 13.6. The minimum absolute atomic E-state index is 0.000125. The van der Waals surface area contributed by atoms with Gasteiger partial charge in [-0.1, -0.05) is 84.6 Å². The summed E-state index contributed by atoms with van der Waals surface area (Å²) < 4.78 is 138. The summed E-state index contributed by atoms with van der Waals surface area (Å²) in [5, 5.41) is 37.3. The standard InChI is InChI=1S/C26H31N3O4S.C24H27N3O4S.2C24H29N3O4S/c1-19-14-20(2)16-23(15-19)33-24-9-8-21(18-27)17-25(24)34(31,32)29-12-10-28(11-13-29)26(30)22-6-4-3-5-7-22;1-17-12-18(2)14-21(13-17)31-22-7-6-19(16-25)15-23(22)32(29,30)27-10-8-26(9-11-27)24(28)20-4-3-5-20;1-17-12-18(2)14-20(13-17)31-21-7-6-19(16-25)15-22(21)32(29,30)27-10-8-26(9-11-27)23(28)24(3,4)5;1-17(2)11-24(28)26-7-9-27(10-8-26)32(29,30)23-15-20(16-25)5-6-22(23)31-21-13-18(3)12-19(4)14-21/h8-9,14-17,22H,3-7,10-13H2,1-2H3;6-7,12-15,20H,3-5,8-11H2,1-2H3;6-7,12-15H,8-11H2,1-5H3;5-6,12-15,17H,7-11H2,1-4H3. The van der Waals surface area contributed by atoms with Gasteiger partial charge in [-0.15, -0.1) is 0 Å². The summed E-state index contributed by atoms with van der Waals surface area (Å²) in [6.45, 7) is 29.6. The van der Waals surface area contributed by atoms with Crippen molar-refractivity contribution in [3.05, 3.63) is 212 Å². The van der Waals surface area contributed by atoms with Crippen molar-refractivity contribution in [3.63, 3.8) is 0 Å². The number of rotatable bonds is 20. The first kappa shape index (κ1) is 99.0. The van der Waals surface area contributed by atoms with E-state index >= 15 is 0 Å². The largest absolute Gasteiger partial charge is 0.456 e. The van der Waals surface area contributed by atoms with Crippen molar-refractivity contribution in [2.45, 2.75) is 167 Å². The van der Waals surface area contributed by atoms with E-state index in [-0.39, 0.29) is 159 Å². The summed E-state index contributed by atoms with van der Waals surface area (Å²) in [5.41, 5.74) is 8.47. The van der Waals surface area contributed by atoms with Crippen molar-refractivity contribution in [2.24, 2.45) is 23.2 Å². The second kappa shape index (κ2) is 43.0. The average molecular weight is 1850 g/mol. The molecule has 130 heavy (non-hydrogen) atoms. The number of carbonyl (C=O) groups is 4. The highest BCUT2D eigenvalue weighted by Gasteiger charge is 2.41. The molecule has 2 saturated carbocycles. The highest BCUT2D eigenvalue weighted by atomic mass is 32.2. The smallest absolute Gasteiger partial charge is 0.246 e. The van der Waals surface area contributed by atoms with Crippen molar-refractivity contribution < 1.29 is 71.8 Å². The van der Waals surface area contributed by atoms with E-state index in [0.29, 0.717) is 81.8 Å². The molecule has 4 heterocycles. The second-order valence-electron chi connectivity index (χ2n) is 35.5. The molecule has 8 aromatic rings. The van der Waals surface area contributed by atoms with Gasteiger partial charge in [-0.25, -0.2) is 33.7 Å². The molecule has 0 unspecified atom stereocenters. The number of ether oxygens (including phenoxy) is 4. The number of nitriles is 4. The minimum atomic E-state index is -3.93. The molecule has 4 saturated heterocycles. The van der Waals surface area contributed by atoms with E-state index in [1.165, 1.54) is 78.2 Å². The van der Waals surface area contributed by atoms with Gasteiger partial charge in [0.05, 0.1) is 46.5 Å². The predicted octanol–water partition coefficient (Wildman–Crippen LogP) is 15.7. The van der Waals surface area contributed by atoms with Crippen molar-refractivity contribution >= 4 is 63.7 Å². The third-order valence-corrected chi connectivity index (χ3v) is 31.0. The lowest BCUT2D eigenvalue weighted by atomic mass is 9.84. The zero-order chi connectivity index (χ0) is 94.3. The molecular formula is C98H116N12O16S4. The maximum absolute atomic E-state index is 13.6. The van der Waals surface area contributed by atoms with Gasteiger partial charge in [0.1, 0.15) is 65.6 Å². The molecule has 4 amide bonds. The van der Waals surface area contributed by atoms with Gasteiger partial charge in [0.15, 0.2) is 0 Å². The van der Waals surface area contributed by atoms with E-state index in [2.05, 4.69) is 0 Å². The molecule has 0 spiro atoms. The highest BCUT2D eigenvalue weighted by molar-refractivity contribution is 7.90. The third-order valence-electron chi connectivity index (χ3n) is 23.3. The molecule has 2 aliphatic carbocycles. The van der Waals surface area contributed by atoms with Crippen LogP contribution in [0.4, 0.5) is 0 Å². The Balaban J connectivity index is 0.000000168. The van der Waals surface area contributed by atoms with Gasteiger partial charge in [-0.05, 0) is 253 Å². The number of aryl methyl sites for hydroxylation is 8. The van der Waals surface area contributed by atoms with Gasteiger partial charge < -0.3 is 38.5 Å². The molecule has 6 aliphatic rings. The van der Waals surface area contributed by atoms with E-state index in [1.807, 2.05) is 187 Å². The number of hydrogen-bond donors (Lipinski definition) is 0. The maximum Gasteiger partial charge on any atom is 0.246 e. The number of piperazine rings is 4. The molecule has 28 nitrogen and oxygen atoms in total. The Morgan fingerprint density at radius 3 is 0.777 bits per heavy atom. The lowest BCUT2D eigenvalue weighted by Gasteiger charge is -2.37. The van der Waals surface area contributed by atoms with Gasteiger partial charge in [0.25, 0.3) is 0 Å². The first-order valence-corrected chi connectivity index (χ1v) is 49.7. The Labute approximate surface area is 766 Å². The molecular weight excluding hydrogens is 1730 g/mol. The Hall–Kier alpha value is -11.6. The lowest BCUT2D eigenvalue weighted by molar-refractivity contribution is -0.141. The topological polar surface area (TPSA) is 363 Å². The summed E-state index contributed by atoms with van der Waals surface area (Å²) in [4.78, 5) is 57.1. The molecule has 14 rings (SSSR count). The van der Waals surface area contributed by atoms with Gasteiger partial charge >= 0.3 is 0 Å². The monoisotopic (exact) mass is 1840 g/mol. The Kier molecular flexibility index (Phi) is 32.8. The summed E-state index contributed by atoms with van der Waals surface area (Å²) >= 11 is 0. The summed E-state index contributed by atoms with van der Waals surface area (Å²) in [5.74, 6) is 3.62. The zero-order valence-electron chi connectivity index (χ0n) is 76.3. The third kappa shape index (κ3) is 25.1. The second-order valence-corrected chi connectivity index (χ2v) is 43.2. The molecule has 0 N–H and O–H groups in total. The lowest BCUT2D eigenvalue weighted by Crippen LogP contribution is -2.52. The molecule has 0 radical (unpaired) electrons. The SMILES string of the molecule is Cc1cc(C)cc(Oc2ccc(C#N)cc2S(=O)(=O)N2CCN(C(=O)C(C)(C)C)CC2)c1.Cc1cc(C)cc(Oc2ccc(C#N)cc2S(=O)(=O)N2CCN(C(=O)C3CCC3)CC2)c1.Cc1cc(C)cc(Oc2ccc(C#N)cc2S(=O)(=O)N2CCN(C(=O)C3CCCCC3)CC2)c1.Cc1cc(C)cc(Oc2ccc(C#N)cc2S(=O)(=O)N2CCN(C(=O)CC(C)C)CC2)c1. The van der Waals surface area contributed by atoms with E-state index < -0.39 is 45.5 Å². The molecule has 8 aromatic carbocycles. The van der Waals surface area contributed by atoms with E-state index in [1.54, 1.807) is 37.8 Å². The molecule has 6 fully saturated rings. The normalized spacial score (nSPS) is 16.4. The van der Waals surface area contributed by atoms with Crippen molar-refractivity contribution in [3.8, 4) is 70.3 Å². The molecule has 0 aromatic heterocycles. The number of carbonyl (C=O) groups excluding carboxylic acids is 4. The van der Waals surface area contributed by atoms with Crippen LogP contribution < -0.4 is 18.9 Å². The first-order chi connectivity index (χ1) is 61.6. The summed E-state index contributed by atoms with van der Waals surface area (Å²) in [6, 6.07) is 48.5. The molecule has 0 bridgehead atoms. The van der Waals surface area contributed by atoms with Crippen LogP contribution >= 0.6 is 0 Å². The zero-order valence-corrected chi connectivity index (χ0v) is 79.6. The van der Waals surface area contributed by atoms with Crippen LogP contribution in [0.25, 0.3) is 0 Å². The minimum Gasteiger partial charge on any atom is -0.456 e. The average Bonchev–Trinajstić information content (AvgIpc) is 0.787. The summed E-state index contributed by atoms with van der Waals surface area (Å²) in [7, 11) is -15.7. The van der Waals surface area contributed by atoms with E-state index in [0.717, 1.165) is 89.5 Å². The Bertz CT molecular complexity index is 6110. The molecule has 688 valence electrons. The van der Waals surface area contributed by atoms with Crippen molar-refractivity contribution in [1.29, 1.82) is 21.0 Å². The fraction of sp³-hybridized carbons (Fsp3) is 0.429. The van der Waals surface area contributed by atoms with Crippen LogP contribution in [-0.2, 0) is 59.3 Å². The first-order valence-electron chi connectivity index (χ1n) is 43.9. The van der Waals surface area contributed by atoms with Crippen LogP contribution in [0.5, 0.6) is 46.0 Å². The summed E-state index contributed by atoms with van der Waals surface area (Å²) in [6.07, 6.45) is 8.61. The van der Waals surface area contributed by atoms with Crippen LogP contribution in [0.1, 0.15) is 159 Å². The fourth-order valence-corrected chi connectivity index (χ4v) is 22.8. The van der Waals surface area contributed by atoms with Crippen LogP contribution in [0.3, 0.4) is 0 Å². The predicted molar refractivity (Wildman–Crippen MR) is 493 cm³/mol. The number of hydrogen-bond acceptors (Lipinski definition) is 20. The van der Waals surface area contributed by atoms with Gasteiger partial charge in [-0.3, -0.25) is 19.2 Å². The number of amides is 4. The highest BCUT2D eigenvalue weighted by Crippen LogP contribution is 2.40. The van der Waals surface area contributed by atoms with Gasteiger partial charge in [0, 0.05) is 128 Å². The van der Waals surface area contributed by atoms with Gasteiger partial charge in [-0.2, -0.15) is 38.3 Å². The molecule has 32 heteroatoms. The Morgan fingerprint density at radius 1 is 0.331 bits per heavy atom. The van der Waals surface area contributed by atoms with Crippen molar-refractivity contribution in [2.75, 3.05) is 105 Å². The van der Waals surface area contributed by atoms with Crippen LogP contribution in [0, 0.1) is 124 Å². The van der Waals surface area contributed by atoms with Gasteiger partial charge in [0.2, 0.25) is 63.7 Å². The number of nitrogens with zero attached hydrogens (tertiary/aromatic N) is 12. The Morgan fingerprint density at radius 2 is 0.562 bits per heavy atom. The number of benzene rings is 8. The van der Waals surface area contributed by atoms with Crippen LogP contribution in [0.15, 0.2) is 165 Å². The van der Waals surface area contributed by atoms with E-state index in [9.17, 15) is 73.9 Å². The van der Waals surface area contributed by atoms with Crippen LogP contribution in [0.2, 0.25) is 0 Å². The fourth-order valence-electron chi connectivity index (χ4n) is 16.6. The molecule has 0 atom stereocenters. The quantitative estimate of drug-likeness (QED) is 0.0684. The van der Waals surface area contributed by atoms with Crippen molar-refractivity contribution in [1.82, 2.24) is 36.8 Å².